The van der Waals surface area contributed by atoms with Crippen LogP contribution in [0.1, 0.15) is 19.4 Å². The fraction of sp³-hybridized carbons (Fsp3) is 0.136. The predicted molar refractivity (Wildman–Crippen MR) is 103 cm³/mol. The minimum Gasteiger partial charge on any atom is -0.360 e. The van der Waals surface area contributed by atoms with E-state index in [0.29, 0.717) is 12.0 Å². The van der Waals surface area contributed by atoms with E-state index in [9.17, 15) is 4.79 Å². The molecule has 0 aliphatic rings. The van der Waals surface area contributed by atoms with E-state index in [1.165, 1.54) is 16.2 Å². The van der Waals surface area contributed by atoms with Gasteiger partial charge in [-0.25, -0.2) is 0 Å². The highest BCUT2D eigenvalue weighted by molar-refractivity contribution is 6.08. The molecule has 0 unspecified atom stereocenters. The van der Waals surface area contributed by atoms with Gasteiger partial charge >= 0.3 is 0 Å². The summed E-state index contributed by atoms with van der Waals surface area (Å²) in [4.78, 5) is 11.9. The molecule has 0 radical (unpaired) electrons. The zero-order valence-electron chi connectivity index (χ0n) is 14.1. The quantitative estimate of drug-likeness (QED) is 0.488. The average Bonchev–Trinajstić information content (AvgIpc) is 2.53. The van der Waals surface area contributed by atoms with Gasteiger partial charge in [-0.1, -0.05) is 49.6 Å². The molecule has 0 saturated heterocycles. The monoisotopic (exact) mass is 315 g/mol. The van der Waals surface area contributed by atoms with E-state index in [-0.39, 0.29) is 5.78 Å². The Bertz CT molecular complexity index is 982. The van der Waals surface area contributed by atoms with E-state index in [1.54, 1.807) is 6.92 Å². The van der Waals surface area contributed by atoms with Crippen molar-refractivity contribution >= 4 is 33.0 Å². The van der Waals surface area contributed by atoms with E-state index < -0.39 is 0 Å². The van der Waals surface area contributed by atoms with Crippen LogP contribution in [0.3, 0.4) is 0 Å². The van der Waals surface area contributed by atoms with Gasteiger partial charge in [-0.3, -0.25) is 4.79 Å². The predicted octanol–water partition coefficient (Wildman–Crippen LogP) is 5.63. The number of allylic oxidation sites excluding steroid dienone is 2. The van der Waals surface area contributed by atoms with Crippen molar-refractivity contribution in [2.75, 3.05) is 5.32 Å². The fourth-order valence-electron chi connectivity index (χ4n) is 2.89. The topological polar surface area (TPSA) is 29.1 Å². The van der Waals surface area contributed by atoms with Gasteiger partial charge in [0.1, 0.15) is 0 Å². The van der Waals surface area contributed by atoms with Gasteiger partial charge in [0.2, 0.25) is 0 Å². The summed E-state index contributed by atoms with van der Waals surface area (Å²) in [5, 5.41) is 7.98. The van der Waals surface area contributed by atoms with E-state index in [2.05, 4.69) is 60.9 Å². The third-order valence-electron chi connectivity index (χ3n) is 4.10. The second kappa shape index (κ2) is 6.32. The van der Waals surface area contributed by atoms with Gasteiger partial charge in [0.05, 0.1) is 0 Å². The summed E-state index contributed by atoms with van der Waals surface area (Å²) in [7, 11) is 0. The normalized spacial score (nSPS) is 10.8. The highest BCUT2D eigenvalue weighted by Gasteiger charge is 2.07. The molecule has 0 spiro atoms. The van der Waals surface area contributed by atoms with Crippen LogP contribution in [0.2, 0.25) is 0 Å². The molecule has 0 heterocycles. The Morgan fingerprint density at radius 3 is 2.17 bits per heavy atom. The summed E-state index contributed by atoms with van der Waals surface area (Å²) in [6.07, 6.45) is 0.408. The number of fused-ring (bicyclic) bond motifs is 3. The lowest BCUT2D eigenvalue weighted by Gasteiger charge is -2.10. The molecule has 0 atom stereocenters. The van der Waals surface area contributed by atoms with Crippen LogP contribution in [0.15, 0.2) is 73.0 Å². The Labute approximate surface area is 142 Å². The summed E-state index contributed by atoms with van der Waals surface area (Å²) in [5.74, 6) is 0.0886. The van der Waals surface area contributed by atoms with Crippen molar-refractivity contribution in [1.29, 1.82) is 0 Å². The molecule has 0 aromatic heterocycles. The van der Waals surface area contributed by atoms with Crippen LogP contribution >= 0.6 is 0 Å². The van der Waals surface area contributed by atoms with Crippen molar-refractivity contribution in [1.82, 2.24) is 0 Å². The SMILES string of the molecule is C=C(C)Nc1ccc2c(ccc3cc(CC(=O)C(=C)C)ccc32)c1. The lowest BCUT2D eigenvalue weighted by atomic mass is 9.97. The minimum absolute atomic E-state index is 0.0886. The first kappa shape index (κ1) is 16.0. The molecule has 1 N–H and O–H groups in total. The molecule has 3 rings (SSSR count). The molecule has 0 saturated carbocycles. The number of rotatable bonds is 5. The van der Waals surface area contributed by atoms with Crippen LogP contribution < -0.4 is 5.32 Å². The van der Waals surface area contributed by atoms with Gasteiger partial charge in [-0.05, 0) is 58.7 Å². The molecule has 0 aliphatic heterocycles. The van der Waals surface area contributed by atoms with Crippen LogP contribution in [0, 0.1) is 0 Å². The third kappa shape index (κ3) is 3.23. The molecule has 0 fully saturated rings. The number of hydrogen-bond acceptors (Lipinski definition) is 2. The molecule has 2 nitrogen and oxygen atoms in total. The molecule has 0 bridgehead atoms. The van der Waals surface area contributed by atoms with Crippen LogP contribution in [-0.2, 0) is 11.2 Å². The molecule has 3 aromatic rings. The lowest BCUT2D eigenvalue weighted by molar-refractivity contribution is -0.114. The summed E-state index contributed by atoms with van der Waals surface area (Å²) in [5.41, 5.74) is 3.58. The molecule has 3 aromatic carbocycles. The van der Waals surface area contributed by atoms with Crippen molar-refractivity contribution in [2.45, 2.75) is 20.3 Å². The van der Waals surface area contributed by atoms with Gasteiger partial charge in [-0.15, -0.1) is 0 Å². The lowest BCUT2D eigenvalue weighted by Crippen LogP contribution is -2.02. The number of Topliss-reactive ketones (excluding diaryl/α,β-unsaturated/α-hetero) is 1. The van der Waals surface area contributed by atoms with Crippen molar-refractivity contribution in [3.63, 3.8) is 0 Å². The van der Waals surface area contributed by atoms with Crippen LogP contribution in [-0.4, -0.2) is 5.78 Å². The number of ketones is 1. The van der Waals surface area contributed by atoms with Crippen LogP contribution in [0.4, 0.5) is 5.69 Å². The first-order valence-electron chi connectivity index (χ1n) is 8.01. The Morgan fingerprint density at radius 1 is 0.917 bits per heavy atom. The summed E-state index contributed by atoms with van der Waals surface area (Å²) in [6, 6.07) is 16.8. The standard InChI is InChI=1S/C22H21NO/c1-14(2)22(24)12-16-5-9-20-17(11-16)6-7-18-13-19(23-15(3)4)8-10-21(18)20/h5-11,13,23H,1,3,12H2,2,4H3. The van der Waals surface area contributed by atoms with Crippen molar-refractivity contribution in [3.05, 3.63) is 78.5 Å². The number of carbonyl (C=O) groups excluding carboxylic acids is 1. The van der Waals surface area contributed by atoms with E-state index in [0.717, 1.165) is 22.3 Å². The van der Waals surface area contributed by atoms with E-state index >= 15 is 0 Å². The fourth-order valence-corrected chi connectivity index (χ4v) is 2.89. The Balaban J connectivity index is 2.03. The minimum atomic E-state index is 0.0886. The number of anilines is 1. The molecule has 120 valence electrons. The zero-order chi connectivity index (χ0) is 17.3. The second-order valence-electron chi connectivity index (χ2n) is 6.34. The van der Waals surface area contributed by atoms with Crippen LogP contribution in [0.5, 0.6) is 0 Å². The van der Waals surface area contributed by atoms with Crippen LogP contribution in [0.25, 0.3) is 21.5 Å². The Hall–Kier alpha value is -2.87. The van der Waals surface area contributed by atoms with Crippen molar-refractivity contribution in [2.24, 2.45) is 0 Å². The Kier molecular flexibility index (Phi) is 4.22. The number of nitrogens with one attached hydrogen (secondary N) is 1. The first-order valence-corrected chi connectivity index (χ1v) is 8.01. The van der Waals surface area contributed by atoms with Crippen molar-refractivity contribution < 1.29 is 4.79 Å². The Morgan fingerprint density at radius 2 is 1.54 bits per heavy atom. The average molecular weight is 315 g/mol. The molecule has 24 heavy (non-hydrogen) atoms. The molecule has 2 heteroatoms. The first-order chi connectivity index (χ1) is 11.4. The number of benzene rings is 3. The van der Waals surface area contributed by atoms with E-state index in [4.69, 9.17) is 0 Å². The van der Waals surface area contributed by atoms with Gasteiger partial charge < -0.3 is 5.32 Å². The molecular weight excluding hydrogens is 294 g/mol. The second-order valence-corrected chi connectivity index (χ2v) is 6.34. The van der Waals surface area contributed by atoms with Gasteiger partial charge in [0.15, 0.2) is 5.78 Å². The van der Waals surface area contributed by atoms with Gasteiger partial charge in [0.25, 0.3) is 0 Å². The maximum Gasteiger partial charge on any atom is 0.162 e. The molecule has 0 aliphatic carbocycles. The van der Waals surface area contributed by atoms with Crippen molar-refractivity contribution in [3.8, 4) is 0 Å². The van der Waals surface area contributed by atoms with Gasteiger partial charge in [0, 0.05) is 17.8 Å². The highest BCUT2D eigenvalue weighted by Crippen LogP contribution is 2.29. The number of hydrogen-bond donors (Lipinski definition) is 1. The summed E-state index contributed by atoms with van der Waals surface area (Å²) in [6.45, 7) is 11.3. The maximum atomic E-state index is 11.9. The third-order valence-corrected chi connectivity index (χ3v) is 4.10. The van der Waals surface area contributed by atoms with Gasteiger partial charge in [-0.2, -0.15) is 0 Å². The highest BCUT2D eigenvalue weighted by atomic mass is 16.1. The zero-order valence-corrected chi connectivity index (χ0v) is 14.1. The van der Waals surface area contributed by atoms with E-state index in [1.807, 2.05) is 13.0 Å². The molecule has 0 amide bonds. The molecular formula is C22H21NO. The summed E-state index contributed by atoms with van der Waals surface area (Å²) >= 11 is 0. The number of carbonyl (C=O) groups is 1. The largest absolute Gasteiger partial charge is 0.360 e. The summed E-state index contributed by atoms with van der Waals surface area (Å²) < 4.78 is 0. The maximum absolute atomic E-state index is 11.9. The smallest absolute Gasteiger partial charge is 0.162 e.